The Labute approximate surface area is 94.5 Å². The summed E-state index contributed by atoms with van der Waals surface area (Å²) < 4.78 is 5.95. The van der Waals surface area contributed by atoms with Crippen LogP contribution >= 0.6 is 0 Å². The number of nitrogens with zero attached hydrogens (tertiary/aromatic N) is 1. The van der Waals surface area contributed by atoms with Crippen LogP contribution in [0.25, 0.3) is 10.8 Å². The summed E-state index contributed by atoms with van der Waals surface area (Å²) in [5, 5.41) is 5.62. The standard InChI is InChI=1S/C13H14N2O/c1-9-6-14-8-12-13(16-9)11-5-3-2-4-10(11)7-15-12/h2-5,7,9,14H,6,8H2,1H3. The van der Waals surface area contributed by atoms with E-state index in [0.29, 0.717) is 0 Å². The van der Waals surface area contributed by atoms with E-state index in [0.717, 1.165) is 35.3 Å². The molecule has 16 heavy (non-hydrogen) atoms. The van der Waals surface area contributed by atoms with Gasteiger partial charge in [0.1, 0.15) is 11.9 Å². The monoisotopic (exact) mass is 214 g/mol. The fraction of sp³-hybridized carbons (Fsp3) is 0.308. The van der Waals surface area contributed by atoms with Crippen molar-refractivity contribution in [2.75, 3.05) is 6.54 Å². The van der Waals surface area contributed by atoms with Crippen molar-refractivity contribution in [1.29, 1.82) is 0 Å². The van der Waals surface area contributed by atoms with Crippen molar-refractivity contribution in [2.45, 2.75) is 19.6 Å². The molecule has 0 aliphatic carbocycles. The molecule has 1 atom stereocenters. The molecule has 0 fully saturated rings. The van der Waals surface area contributed by atoms with Gasteiger partial charge in [-0.3, -0.25) is 4.98 Å². The van der Waals surface area contributed by atoms with E-state index in [1.165, 1.54) is 0 Å². The van der Waals surface area contributed by atoms with Gasteiger partial charge in [0.25, 0.3) is 0 Å². The Hall–Kier alpha value is -1.61. The summed E-state index contributed by atoms with van der Waals surface area (Å²) >= 11 is 0. The number of hydrogen-bond donors (Lipinski definition) is 1. The van der Waals surface area contributed by atoms with E-state index in [-0.39, 0.29) is 6.10 Å². The molecular formula is C13H14N2O. The van der Waals surface area contributed by atoms with Crippen molar-refractivity contribution in [2.24, 2.45) is 0 Å². The summed E-state index contributed by atoms with van der Waals surface area (Å²) in [5.41, 5.74) is 1.00. The van der Waals surface area contributed by atoms with Crippen molar-refractivity contribution in [3.8, 4) is 5.75 Å². The van der Waals surface area contributed by atoms with Crippen LogP contribution in [0.2, 0.25) is 0 Å². The Morgan fingerprint density at radius 2 is 2.25 bits per heavy atom. The van der Waals surface area contributed by atoms with Crippen LogP contribution in [0.1, 0.15) is 12.6 Å². The number of hydrogen-bond acceptors (Lipinski definition) is 3. The second-order valence-electron chi connectivity index (χ2n) is 4.18. The highest BCUT2D eigenvalue weighted by Gasteiger charge is 2.16. The maximum absolute atomic E-state index is 5.95. The van der Waals surface area contributed by atoms with Crippen LogP contribution in [-0.4, -0.2) is 17.6 Å². The summed E-state index contributed by atoms with van der Waals surface area (Å²) in [5.74, 6) is 0.940. The molecule has 3 rings (SSSR count). The van der Waals surface area contributed by atoms with Gasteiger partial charge in [-0.2, -0.15) is 0 Å². The third-order valence-corrected chi connectivity index (χ3v) is 2.87. The van der Waals surface area contributed by atoms with Gasteiger partial charge in [-0.05, 0) is 6.92 Å². The number of nitrogens with one attached hydrogen (secondary N) is 1. The first-order valence-electron chi connectivity index (χ1n) is 5.58. The molecule has 0 saturated carbocycles. The first-order valence-corrected chi connectivity index (χ1v) is 5.58. The second kappa shape index (κ2) is 3.76. The first-order chi connectivity index (χ1) is 7.84. The van der Waals surface area contributed by atoms with Crippen LogP contribution in [0.15, 0.2) is 30.5 Å². The van der Waals surface area contributed by atoms with Crippen molar-refractivity contribution >= 4 is 10.8 Å². The Bertz CT molecular complexity index is 524. The molecule has 1 aliphatic heterocycles. The Kier molecular flexibility index (Phi) is 2.26. The van der Waals surface area contributed by atoms with Gasteiger partial charge >= 0.3 is 0 Å². The van der Waals surface area contributed by atoms with E-state index < -0.39 is 0 Å². The molecule has 2 aromatic rings. The molecule has 0 spiro atoms. The van der Waals surface area contributed by atoms with Gasteiger partial charge in [-0.1, -0.05) is 24.3 Å². The van der Waals surface area contributed by atoms with Gasteiger partial charge in [-0.15, -0.1) is 0 Å². The van der Waals surface area contributed by atoms with Crippen molar-refractivity contribution in [3.05, 3.63) is 36.2 Å². The quantitative estimate of drug-likeness (QED) is 0.729. The second-order valence-corrected chi connectivity index (χ2v) is 4.18. The number of fused-ring (bicyclic) bond motifs is 3. The molecule has 1 aromatic heterocycles. The Morgan fingerprint density at radius 1 is 1.38 bits per heavy atom. The van der Waals surface area contributed by atoms with Gasteiger partial charge < -0.3 is 10.1 Å². The fourth-order valence-corrected chi connectivity index (χ4v) is 2.07. The lowest BCUT2D eigenvalue weighted by Gasteiger charge is -2.13. The van der Waals surface area contributed by atoms with Crippen LogP contribution in [0.3, 0.4) is 0 Å². The van der Waals surface area contributed by atoms with E-state index >= 15 is 0 Å². The minimum atomic E-state index is 0.189. The molecule has 1 unspecified atom stereocenters. The molecular weight excluding hydrogens is 200 g/mol. The third-order valence-electron chi connectivity index (χ3n) is 2.87. The maximum atomic E-state index is 5.95. The lowest BCUT2D eigenvalue weighted by atomic mass is 10.1. The minimum absolute atomic E-state index is 0.189. The van der Waals surface area contributed by atoms with E-state index in [4.69, 9.17) is 4.74 Å². The zero-order valence-corrected chi connectivity index (χ0v) is 9.23. The molecule has 1 N–H and O–H groups in total. The molecule has 1 aromatic carbocycles. The smallest absolute Gasteiger partial charge is 0.150 e. The predicted molar refractivity (Wildman–Crippen MR) is 63.5 cm³/mol. The summed E-state index contributed by atoms with van der Waals surface area (Å²) in [6, 6.07) is 8.21. The molecule has 1 aliphatic rings. The van der Waals surface area contributed by atoms with E-state index in [1.807, 2.05) is 18.3 Å². The zero-order chi connectivity index (χ0) is 11.0. The van der Waals surface area contributed by atoms with E-state index in [2.05, 4.69) is 29.4 Å². The summed E-state index contributed by atoms with van der Waals surface area (Å²) in [4.78, 5) is 4.45. The average Bonchev–Trinajstić information content (AvgIpc) is 2.50. The zero-order valence-electron chi connectivity index (χ0n) is 9.23. The normalized spacial score (nSPS) is 19.9. The molecule has 0 saturated heterocycles. The molecule has 0 amide bonds. The number of rotatable bonds is 0. The summed E-state index contributed by atoms with van der Waals surface area (Å²) in [7, 11) is 0. The van der Waals surface area contributed by atoms with Crippen LogP contribution in [0.5, 0.6) is 5.75 Å². The van der Waals surface area contributed by atoms with E-state index in [1.54, 1.807) is 0 Å². The predicted octanol–water partition coefficient (Wildman–Crippen LogP) is 2.11. The Balaban J connectivity index is 2.23. The first kappa shape index (κ1) is 9.60. The SMILES string of the molecule is CC1CNCc2ncc3ccccc3c2O1. The van der Waals surface area contributed by atoms with Crippen molar-refractivity contribution in [3.63, 3.8) is 0 Å². The average molecular weight is 214 g/mol. The van der Waals surface area contributed by atoms with Crippen LogP contribution in [0.4, 0.5) is 0 Å². The van der Waals surface area contributed by atoms with E-state index in [9.17, 15) is 0 Å². The van der Waals surface area contributed by atoms with Gasteiger partial charge in [-0.25, -0.2) is 0 Å². The highest BCUT2D eigenvalue weighted by Crippen LogP contribution is 2.29. The molecule has 2 heterocycles. The number of aromatic nitrogens is 1. The van der Waals surface area contributed by atoms with Crippen molar-refractivity contribution < 1.29 is 4.74 Å². The highest BCUT2D eigenvalue weighted by molar-refractivity contribution is 5.88. The number of ether oxygens (including phenoxy) is 1. The number of pyridine rings is 1. The molecule has 0 radical (unpaired) electrons. The minimum Gasteiger partial charge on any atom is -0.487 e. The third kappa shape index (κ3) is 1.53. The highest BCUT2D eigenvalue weighted by atomic mass is 16.5. The van der Waals surface area contributed by atoms with Gasteiger partial charge in [0.2, 0.25) is 0 Å². The largest absolute Gasteiger partial charge is 0.487 e. The van der Waals surface area contributed by atoms with Crippen LogP contribution in [-0.2, 0) is 6.54 Å². The molecule has 0 bridgehead atoms. The topological polar surface area (TPSA) is 34.2 Å². The van der Waals surface area contributed by atoms with Gasteiger partial charge in [0, 0.05) is 30.1 Å². The fourth-order valence-electron chi connectivity index (χ4n) is 2.07. The maximum Gasteiger partial charge on any atom is 0.150 e. The van der Waals surface area contributed by atoms with Crippen LogP contribution < -0.4 is 10.1 Å². The summed E-state index contributed by atoms with van der Waals surface area (Å²) in [6.45, 7) is 3.72. The van der Waals surface area contributed by atoms with Crippen molar-refractivity contribution in [1.82, 2.24) is 10.3 Å². The number of benzene rings is 1. The Morgan fingerprint density at radius 3 is 3.19 bits per heavy atom. The van der Waals surface area contributed by atoms with Crippen LogP contribution in [0, 0.1) is 0 Å². The lowest BCUT2D eigenvalue weighted by molar-refractivity contribution is 0.229. The van der Waals surface area contributed by atoms with Gasteiger partial charge in [0.15, 0.2) is 0 Å². The van der Waals surface area contributed by atoms with Gasteiger partial charge in [0.05, 0.1) is 5.69 Å². The summed E-state index contributed by atoms with van der Waals surface area (Å²) in [6.07, 6.45) is 2.10. The lowest BCUT2D eigenvalue weighted by Crippen LogP contribution is -2.25. The molecule has 3 heteroatoms. The molecule has 82 valence electrons. The molecule has 3 nitrogen and oxygen atoms in total.